The molecule has 0 aromatic heterocycles. The molecule has 84 valence electrons. The Hall–Kier alpha value is -1.84. The minimum Gasteiger partial charge on any atom is -0.493 e. The molecule has 0 radical (unpaired) electrons. The zero-order valence-electron chi connectivity index (χ0n) is 9.31. The quantitative estimate of drug-likeness (QED) is 0.841. The van der Waals surface area contributed by atoms with Crippen molar-refractivity contribution >= 4 is 11.5 Å². The van der Waals surface area contributed by atoms with E-state index in [4.69, 9.17) is 10.5 Å². The van der Waals surface area contributed by atoms with E-state index in [1.807, 2.05) is 31.2 Å². The number of amidine groups is 1. The number of para-hydroxylation sites is 1. The Morgan fingerprint density at radius 1 is 1.25 bits per heavy atom. The van der Waals surface area contributed by atoms with Crippen LogP contribution in [0.3, 0.4) is 0 Å². The average molecular weight is 217 g/mol. The first kappa shape index (κ1) is 10.7. The van der Waals surface area contributed by atoms with Gasteiger partial charge < -0.3 is 10.5 Å². The van der Waals surface area contributed by atoms with Gasteiger partial charge in [0.15, 0.2) is 0 Å². The summed E-state index contributed by atoms with van der Waals surface area (Å²) in [6.45, 7) is 2.62. The van der Waals surface area contributed by atoms with Crippen LogP contribution in [-0.4, -0.2) is 18.2 Å². The highest BCUT2D eigenvalue weighted by molar-refractivity contribution is 6.05. The number of hydrogen-bond donors (Lipinski definition) is 1. The van der Waals surface area contributed by atoms with E-state index in [0.717, 1.165) is 29.9 Å². The highest BCUT2D eigenvalue weighted by Crippen LogP contribution is 2.22. The Morgan fingerprint density at radius 3 is 2.75 bits per heavy atom. The fraction of sp³-hybridized carbons (Fsp3) is 0.333. The molecule has 1 aliphatic heterocycles. The molecule has 0 saturated carbocycles. The van der Waals surface area contributed by atoms with Crippen LogP contribution in [0, 0.1) is 0 Å². The van der Waals surface area contributed by atoms with Crippen LogP contribution in [0.2, 0.25) is 0 Å². The smallest absolute Gasteiger partial charge is 0.128 e. The molecule has 1 aromatic rings. The van der Waals surface area contributed by atoms with Gasteiger partial charge in [-0.15, -0.1) is 5.10 Å². The van der Waals surface area contributed by atoms with Gasteiger partial charge in [0, 0.05) is 12.0 Å². The second-order valence-corrected chi connectivity index (χ2v) is 3.57. The third-order valence-electron chi connectivity index (χ3n) is 2.41. The maximum Gasteiger partial charge on any atom is 0.128 e. The molecule has 1 aliphatic rings. The number of hydrogen-bond acceptors (Lipinski definition) is 4. The lowest BCUT2D eigenvalue weighted by molar-refractivity contribution is 0.339. The highest BCUT2D eigenvalue weighted by atomic mass is 16.5. The maximum atomic E-state index is 5.58. The molecule has 0 spiro atoms. The van der Waals surface area contributed by atoms with E-state index in [-0.39, 0.29) is 0 Å². The van der Waals surface area contributed by atoms with Gasteiger partial charge in [0.1, 0.15) is 11.6 Å². The predicted octanol–water partition coefficient (Wildman–Crippen LogP) is 1.94. The molecule has 16 heavy (non-hydrogen) atoms. The van der Waals surface area contributed by atoms with Gasteiger partial charge in [0.25, 0.3) is 0 Å². The fourth-order valence-electron chi connectivity index (χ4n) is 1.65. The van der Waals surface area contributed by atoms with Crippen molar-refractivity contribution in [1.29, 1.82) is 0 Å². The van der Waals surface area contributed by atoms with Crippen LogP contribution in [-0.2, 0) is 0 Å². The normalized spacial score (nSPS) is 15.3. The number of rotatable bonds is 3. The molecule has 2 rings (SSSR count). The second kappa shape index (κ2) is 4.79. The van der Waals surface area contributed by atoms with E-state index in [2.05, 4.69) is 10.2 Å². The molecule has 0 bridgehead atoms. The topological polar surface area (TPSA) is 60.0 Å². The molecular formula is C12H15N3O. The molecule has 0 aliphatic carbocycles. The third kappa shape index (κ3) is 2.21. The van der Waals surface area contributed by atoms with E-state index in [1.165, 1.54) is 0 Å². The van der Waals surface area contributed by atoms with Crippen molar-refractivity contribution in [1.82, 2.24) is 0 Å². The summed E-state index contributed by atoms with van der Waals surface area (Å²) in [5, 5.41) is 8.04. The monoisotopic (exact) mass is 217 g/mol. The Kier molecular flexibility index (Phi) is 3.19. The van der Waals surface area contributed by atoms with Crippen molar-refractivity contribution in [2.45, 2.75) is 19.8 Å². The van der Waals surface area contributed by atoms with Gasteiger partial charge in [-0.05, 0) is 25.5 Å². The van der Waals surface area contributed by atoms with Gasteiger partial charge >= 0.3 is 0 Å². The van der Waals surface area contributed by atoms with E-state index in [9.17, 15) is 0 Å². The van der Waals surface area contributed by atoms with E-state index in [1.54, 1.807) is 0 Å². The minimum atomic E-state index is 0.595. The summed E-state index contributed by atoms with van der Waals surface area (Å²) >= 11 is 0. The summed E-state index contributed by atoms with van der Waals surface area (Å²) in [6, 6.07) is 7.88. The van der Waals surface area contributed by atoms with E-state index < -0.39 is 0 Å². The van der Waals surface area contributed by atoms with Gasteiger partial charge in [-0.3, -0.25) is 0 Å². The lowest BCUT2D eigenvalue weighted by Gasteiger charge is -2.13. The minimum absolute atomic E-state index is 0.595. The SMILES string of the molecule is CCOc1ccccc1C1=NN=C(N)CC1. The average Bonchev–Trinajstić information content (AvgIpc) is 2.32. The Balaban J connectivity index is 2.33. The number of nitrogens with two attached hydrogens (primary N) is 1. The summed E-state index contributed by atoms with van der Waals surface area (Å²) in [4.78, 5) is 0. The second-order valence-electron chi connectivity index (χ2n) is 3.57. The van der Waals surface area contributed by atoms with Crippen LogP contribution in [0.25, 0.3) is 0 Å². The molecule has 2 N–H and O–H groups in total. The summed E-state index contributed by atoms with van der Waals surface area (Å²) in [6.07, 6.45) is 1.58. The predicted molar refractivity (Wildman–Crippen MR) is 65.0 cm³/mol. The van der Waals surface area contributed by atoms with Crippen LogP contribution >= 0.6 is 0 Å². The Labute approximate surface area is 94.8 Å². The van der Waals surface area contributed by atoms with Gasteiger partial charge in [-0.25, -0.2) is 0 Å². The molecule has 0 atom stereocenters. The Morgan fingerprint density at radius 2 is 2.06 bits per heavy atom. The molecule has 0 fully saturated rings. The molecular weight excluding hydrogens is 202 g/mol. The lowest BCUT2D eigenvalue weighted by Crippen LogP contribution is -2.18. The Bertz CT molecular complexity index is 438. The van der Waals surface area contributed by atoms with E-state index in [0.29, 0.717) is 12.4 Å². The van der Waals surface area contributed by atoms with Gasteiger partial charge in [-0.2, -0.15) is 5.10 Å². The van der Waals surface area contributed by atoms with Crippen LogP contribution in [0.5, 0.6) is 5.75 Å². The van der Waals surface area contributed by atoms with Crippen molar-refractivity contribution in [2.24, 2.45) is 15.9 Å². The van der Waals surface area contributed by atoms with Crippen LogP contribution in [0.15, 0.2) is 34.5 Å². The number of nitrogens with zero attached hydrogens (tertiary/aromatic N) is 2. The van der Waals surface area contributed by atoms with Crippen LogP contribution in [0.4, 0.5) is 0 Å². The van der Waals surface area contributed by atoms with Crippen molar-refractivity contribution in [3.05, 3.63) is 29.8 Å². The van der Waals surface area contributed by atoms with E-state index >= 15 is 0 Å². The largest absolute Gasteiger partial charge is 0.493 e. The first-order valence-corrected chi connectivity index (χ1v) is 5.42. The van der Waals surface area contributed by atoms with Crippen molar-refractivity contribution in [3.63, 3.8) is 0 Å². The number of ether oxygens (including phenoxy) is 1. The summed E-state index contributed by atoms with van der Waals surface area (Å²) in [7, 11) is 0. The first-order valence-electron chi connectivity index (χ1n) is 5.42. The summed E-state index contributed by atoms with van der Waals surface area (Å²) in [5.74, 6) is 1.46. The summed E-state index contributed by atoms with van der Waals surface area (Å²) in [5.41, 5.74) is 7.54. The van der Waals surface area contributed by atoms with Crippen molar-refractivity contribution < 1.29 is 4.74 Å². The molecule has 1 heterocycles. The van der Waals surface area contributed by atoms with Gasteiger partial charge in [0.05, 0.1) is 12.3 Å². The zero-order chi connectivity index (χ0) is 11.4. The summed E-state index contributed by atoms with van der Waals surface area (Å²) < 4.78 is 5.56. The van der Waals surface area contributed by atoms with Crippen molar-refractivity contribution in [2.75, 3.05) is 6.61 Å². The molecule has 1 aromatic carbocycles. The van der Waals surface area contributed by atoms with Gasteiger partial charge in [0.2, 0.25) is 0 Å². The first-order chi connectivity index (χ1) is 7.81. The number of benzene rings is 1. The van der Waals surface area contributed by atoms with Crippen molar-refractivity contribution in [3.8, 4) is 5.75 Å². The molecule has 4 nitrogen and oxygen atoms in total. The molecule has 0 amide bonds. The van der Waals surface area contributed by atoms with Gasteiger partial charge in [-0.1, -0.05) is 12.1 Å². The van der Waals surface area contributed by atoms with Crippen LogP contribution < -0.4 is 10.5 Å². The third-order valence-corrected chi connectivity index (χ3v) is 2.41. The molecule has 0 saturated heterocycles. The molecule has 4 heteroatoms. The van der Waals surface area contributed by atoms with Crippen LogP contribution in [0.1, 0.15) is 25.3 Å². The maximum absolute atomic E-state index is 5.58. The molecule has 0 unspecified atom stereocenters. The zero-order valence-corrected chi connectivity index (χ0v) is 9.31. The standard InChI is InChI=1S/C12H15N3O/c1-2-16-11-6-4-3-5-9(11)10-7-8-12(13)15-14-10/h3-6H,2,7-8H2,1H3,(H2,13,15). The highest BCUT2D eigenvalue weighted by Gasteiger charge is 2.13. The lowest BCUT2D eigenvalue weighted by atomic mass is 10.0. The fourth-order valence-corrected chi connectivity index (χ4v) is 1.65.